The second-order valence-corrected chi connectivity index (χ2v) is 14.2. The smallest absolute Gasteiger partial charge is 0.224 e. The van der Waals surface area contributed by atoms with Crippen LogP contribution in [0.5, 0.6) is 0 Å². The quantitative estimate of drug-likeness (QED) is 0.0647. The molecule has 0 aromatic heterocycles. The minimum atomic E-state index is -2.53. The third-order valence-corrected chi connectivity index (χ3v) is 10.7. The van der Waals surface area contributed by atoms with Crippen LogP contribution in [-0.4, -0.2) is 273 Å². The van der Waals surface area contributed by atoms with Gasteiger partial charge < -0.3 is 129 Å². The van der Waals surface area contributed by atoms with Crippen LogP contribution >= 0.6 is 0 Å². The van der Waals surface area contributed by atoms with Gasteiger partial charge in [0.15, 0.2) is 6.29 Å². The highest BCUT2D eigenvalue weighted by Crippen LogP contribution is 2.40. The van der Waals surface area contributed by atoms with Gasteiger partial charge in [-0.1, -0.05) is 0 Å². The Kier molecular flexibility index (Phi) is 14.7. The summed E-state index contributed by atoms with van der Waals surface area (Å²) in [6, 6.07) is 0. The van der Waals surface area contributed by atoms with Gasteiger partial charge in [-0.15, -0.1) is 0 Å². The Morgan fingerprint density at radius 1 is 0.357 bits per heavy atom. The Bertz CT molecular complexity index is 1270. The molecule has 0 unspecified atom stereocenters. The lowest BCUT2D eigenvalue weighted by molar-refractivity contribution is -0.389. The van der Waals surface area contributed by atoms with E-state index in [1.165, 1.54) is 0 Å². The lowest BCUT2D eigenvalue weighted by atomic mass is 9.98. The van der Waals surface area contributed by atoms with Crippen molar-refractivity contribution in [3.63, 3.8) is 0 Å². The molecule has 0 aromatic carbocycles. The average Bonchev–Trinajstić information content (AvgIpc) is 3.80. The standard InChI is InChI=1S/C30H52O26/c31-1-10-16(38)22(44)27(6-33,52-10)49-4-13-19(41)24(46)29(8-35,55-13)50-5-14-18(40)23(45)28(7-34,54-14)48-3-12-15(37)20(42)21(43)26(51-12)56-30(9-36)25(47)17(39)11(2-32)53-30/h10-26,31-47H,1-9H2/t10-,11-,12-,13-,14-,15-,16-,17-,18-,19-,20+,21-,22+,23+,24+,25+,26-,27-,28-,29-,30+/m1/s1. The molecule has 328 valence electrons. The van der Waals surface area contributed by atoms with E-state index in [0.717, 1.165) is 0 Å². The molecule has 17 N–H and O–H groups in total. The number of hydrogen-bond acceptors (Lipinski definition) is 26. The maximum atomic E-state index is 10.9. The van der Waals surface area contributed by atoms with Gasteiger partial charge in [0.2, 0.25) is 23.1 Å². The van der Waals surface area contributed by atoms with Crippen LogP contribution in [-0.2, 0) is 42.6 Å². The van der Waals surface area contributed by atoms with Crippen molar-refractivity contribution in [3.8, 4) is 0 Å². The van der Waals surface area contributed by atoms with Crippen LogP contribution in [0.2, 0.25) is 0 Å². The van der Waals surface area contributed by atoms with Gasteiger partial charge in [0.25, 0.3) is 0 Å². The van der Waals surface area contributed by atoms with E-state index in [1.54, 1.807) is 0 Å². The van der Waals surface area contributed by atoms with E-state index < -0.39 is 187 Å². The molecule has 0 amide bonds. The Morgan fingerprint density at radius 3 is 1.04 bits per heavy atom. The second kappa shape index (κ2) is 17.9. The fraction of sp³-hybridized carbons (Fsp3) is 1.00. The van der Waals surface area contributed by atoms with Crippen molar-refractivity contribution in [2.75, 3.05) is 59.5 Å². The van der Waals surface area contributed by atoms with Gasteiger partial charge in [-0.2, -0.15) is 0 Å². The van der Waals surface area contributed by atoms with Gasteiger partial charge >= 0.3 is 0 Å². The van der Waals surface area contributed by atoms with E-state index in [9.17, 15) is 86.8 Å². The summed E-state index contributed by atoms with van der Waals surface area (Å²) in [5.41, 5.74) is 0. The summed E-state index contributed by atoms with van der Waals surface area (Å²) in [6.45, 7) is -8.65. The van der Waals surface area contributed by atoms with Gasteiger partial charge in [0, 0.05) is 0 Å². The lowest BCUT2D eigenvalue weighted by Crippen LogP contribution is -2.63. The van der Waals surface area contributed by atoms with Crippen LogP contribution < -0.4 is 0 Å². The molecule has 5 saturated heterocycles. The molecule has 0 radical (unpaired) electrons. The van der Waals surface area contributed by atoms with E-state index in [-0.39, 0.29) is 0 Å². The first-order valence-corrected chi connectivity index (χ1v) is 17.5. The molecule has 5 fully saturated rings. The normalized spacial score (nSPS) is 52.3. The minimum absolute atomic E-state index is 0.759. The van der Waals surface area contributed by atoms with Crippen molar-refractivity contribution in [1.29, 1.82) is 0 Å². The molecular weight excluding hydrogens is 776 g/mol. The van der Waals surface area contributed by atoms with Gasteiger partial charge in [-0.3, -0.25) is 0 Å². The van der Waals surface area contributed by atoms with E-state index in [1.807, 2.05) is 0 Å². The summed E-state index contributed by atoms with van der Waals surface area (Å²) in [4.78, 5) is 0. The van der Waals surface area contributed by atoms with Crippen LogP contribution in [0.15, 0.2) is 0 Å². The highest BCUT2D eigenvalue weighted by atomic mass is 16.8. The molecule has 5 heterocycles. The molecule has 0 spiro atoms. The van der Waals surface area contributed by atoms with Crippen molar-refractivity contribution in [2.45, 2.75) is 127 Å². The Hall–Kier alpha value is -1.04. The first kappa shape index (κ1) is 46.0. The van der Waals surface area contributed by atoms with Crippen molar-refractivity contribution in [1.82, 2.24) is 0 Å². The highest BCUT2D eigenvalue weighted by Gasteiger charge is 2.62. The number of aliphatic hydroxyl groups excluding tert-OH is 17. The van der Waals surface area contributed by atoms with Crippen LogP contribution in [0, 0.1) is 0 Å². The number of ether oxygens (including phenoxy) is 9. The number of aliphatic hydroxyl groups is 17. The molecular formula is C30H52O26. The van der Waals surface area contributed by atoms with E-state index in [2.05, 4.69) is 0 Å². The fourth-order valence-corrected chi connectivity index (χ4v) is 7.16. The predicted octanol–water partition coefficient (Wildman–Crippen LogP) is -11.9. The summed E-state index contributed by atoms with van der Waals surface area (Å²) in [5, 5.41) is 175. The molecule has 0 bridgehead atoms. The summed E-state index contributed by atoms with van der Waals surface area (Å²) < 4.78 is 49.2. The zero-order valence-corrected chi connectivity index (χ0v) is 29.5. The molecule has 5 aliphatic rings. The summed E-state index contributed by atoms with van der Waals surface area (Å²) >= 11 is 0. The summed E-state index contributed by atoms with van der Waals surface area (Å²) in [6.07, 6.45) is -31.1. The molecule has 56 heavy (non-hydrogen) atoms. The minimum Gasteiger partial charge on any atom is -0.394 e. The van der Waals surface area contributed by atoms with Gasteiger partial charge in [-0.25, -0.2) is 0 Å². The molecule has 5 rings (SSSR count). The monoisotopic (exact) mass is 828 g/mol. The Labute approximate surface area is 316 Å². The molecule has 26 heteroatoms. The Morgan fingerprint density at radius 2 is 0.679 bits per heavy atom. The molecule has 21 atom stereocenters. The lowest BCUT2D eigenvalue weighted by Gasteiger charge is -2.44. The van der Waals surface area contributed by atoms with E-state index in [0.29, 0.717) is 0 Å². The third-order valence-electron chi connectivity index (χ3n) is 10.7. The second-order valence-electron chi connectivity index (χ2n) is 14.2. The summed E-state index contributed by atoms with van der Waals surface area (Å²) in [5.74, 6) is -9.78. The SMILES string of the molecule is OC[C@H]1O[C@@](CO)(OC[C@H]2O[C@@](CO)(OC[C@H]3O[C@@](CO)(OC[C@H]4O[C@H](O[C@]5(CO)O[C@H](CO)[C@@H](O)[C@@H]5O)[C@H](O)[C@@H](O)[C@@H]4O)[C@@H](O)[C@@H]3O)[C@@H](O)[C@@H]2O)[C@@H](O)[C@@H]1O. The predicted molar refractivity (Wildman–Crippen MR) is 167 cm³/mol. The number of rotatable bonds is 17. The first-order chi connectivity index (χ1) is 26.4. The third kappa shape index (κ3) is 7.97. The molecule has 26 nitrogen and oxygen atoms in total. The molecule has 5 aliphatic heterocycles. The largest absolute Gasteiger partial charge is 0.394 e. The van der Waals surface area contributed by atoms with Gasteiger partial charge in [-0.05, 0) is 0 Å². The average molecular weight is 829 g/mol. The van der Waals surface area contributed by atoms with Crippen molar-refractivity contribution in [3.05, 3.63) is 0 Å². The van der Waals surface area contributed by atoms with E-state index in [4.69, 9.17) is 42.6 Å². The molecule has 0 aromatic rings. The van der Waals surface area contributed by atoms with Crippen molar-refractivity contribution >= 4 is 0 Å². The number of hydrogen-bond donors (Lipinski definition) is 17. The molecule has 0 saturated carbocycles. The zero-order chi connectivity index (χ0) is 41.5. The maximum absolute atomic E-state index is 10.9. The van der Waals surface area contributed by atoms with Crippen LogP contribution in [0.4, 0.5) is 0 Å². The molecule has 0 aliphatic carbocycles. The van der Waals surface area contributed by atoms with Crippen molar-refractivity contribution in [2.24, 2.45) is 0 Å². The van der Waals surface area contributed by atoms with Crippen LogP contribution in [0.25, 0.3) is 0 Å². The maximum Gasteiger partial charge on any atom is 0.224 e. The highest BCUT2D eigenvalue weighted by molar-refractivity contribution is 5.02. The van der Waals surface area contributed by atoms with Crippen molar-refractivity contribution < 1.29 is 129 Å². The van der Waals surface area contributed by atoms with E-state index >= 15 is 0 Å². The van der Waals surface area contributed by atoms with Crippen LogP contribution in [0.3, 0.4) is 0 Å². The van der Waals surface area contributed by atoms with Gasteiger partial charge in [0.1, 0.15) is 124 Å². The van der Waals surface area contributed by atoms with Gasteiger partial charge in [0.05, 0.1) is 33.0 Å². The fourth-order valence-electron chi connectivity index (χ4n) is 7.16. The van der Waals surface area contributed by atoms with Crippen LogP contribution in [0.1, 0.15) is 0 Å². The Balaban J connectivity index is 1.22. The summed E-state index contributed by atoms with van der Waals surface area (Å²) in [7, 11) is 0. The first-order valence-electron chi connectivity index (χ1n) is 17.5. The topological polar surface area (TPSA) is 427 Å². The zero-order valence-electron chi connectivity index (χ0n) is 29.5.